The van der Waals surface area contributed by atoms with Crippen molar-refractivity contribution in [3.63, 3.8) is 0 Å². The molecule has 4 unspecified atom stereocenters. The molecule has 6 nitrogen and oxygen atoms in total. The minimum Gasteiger partial charge on any atom is -0.480 e. The van der Waals surface area contributed by atoms with Crippen LogP contribution in [0.1, 0.15) is 38.2 Å². The van der Waals surface area contributed by atoms with Gasteiger partial charge in [-0.05, 0) is 37.2 Å². The van der Waals surface area contributed by atoms with Crippen molar-refractivity contribution >= 4 is 11.9 Å². The molecule has 27 heavy (non-hydrogen) atoms. The average molecular weight is 373 g/mol. The largest absolute Gasteiger partial charge is 0.480 e. The van der Waals surface area contributed by atoms with Gasteiger partial charge in [-0.1, -0.05) is 37.3 Å². The average Bonchev–Trinajstić information content (AvgIpc) is 3.25. The fraction of sp³-hybridized carbons (Fsp3) is 0.619. The number of likely N-dealkylation sites (tertiary alicyclic amines) is 1. The van der Waals surface area contributed by atoms with E-state index >= 15 is 0 Å². The van der Waals surface area contributed by atoms with Crippen LogP contribution in [0.5, 0.6) is 0 Å². The highest BCUT2D eigenvalue weighted by Gasteiger charge is 2.84. The van der Waals surface area contributed by atoms with Gasteiger partial charge in [0.1, 0.15) is 0 Å². The first-order valence-corrected chi connectivity index (χ1v) is 9.82. The van der Waals surface area contributed by atoms with E-state index in [-0.39, 0.29) is 24.7 Å². The number of amides is 1. The number of fused-ring (bicyclic) bond motifs is 1. The van der Waals surface area contributed by atoms with Crippen molar-refractivity contribution in [2.24, 2.45) is 16.7 Å². The lowest BCUT2D eigenvalue weighted by Gasteiger charge is -2.36. The second kappa shape index (κ2) is 6.91. The standard InChI is InChI=1S/C21H27NO5/c1-15-20(14-27-17-9-5-6-12-26-17)10-11-22(13-16-7-3-2-4-8-16)18(23)21(15,20)19(24)25/h2-4,7-8,15,17H,5-6,9-14H2,1H3,(H,24,25). The van der Waals surface area contributed by atoms with Gasteiger partial charge in [0.05, 0.1) is 6.61 Å². The number of piperidine rings is 1. The molecule has 3 aliphatic rings. The summed E-state index contributed by atoms with van der Waals surface area (Å²) in [6.07, 6.45) is 3.30. The molecule has 1 saturated carbocycles. The monoisotopic (exact) mass is 373 g/mol. The van der Waals surface area contributed by atoms with E-state index in [9.17, 15) is 14.7 Å². The molecule has 4 atom stereocenters. The molecule has 0 bridgehead atoms. The maximum atomic E-state index is 13.3. The quantitative estimate of drug-likeness (QED) is 0.776. The molecule has 0 aromatic heterocycles. The highest BCUT2D eigenvalue weighted by Crippen LogP contribution is 2.73. The molecule has 146 valence electrons. The molecule has 0 spiro atoms. The van der Waals surface area contributed by atoms with Gasteiger partial charge in [0.25, 0.3) is 0 Å². The molecule has 3 fully saturated rings. The lowest BCUT2D eigenvalue weighted by atomic mass is 9.85. The number of rotatable bonds is 6. The Bertz CT molecular complexity index is 717. The number of benzene rings is 1. The lowest BCUT2D eigenvalue weighted by Crippen LogP contribution is -2.50. The second-order valence-corrected chi connectivity index (χ2v) is 8.06. The number of hydrogen-bond donors (Lipinski definition) is 1. The number of nitrogens with zero attached hydrogens (tertiary/aromatic N) is 1. The number of carboxylic acids is 1. The van der Waals surface area contributed by atoms with Gasteiger partial charge in [0.2, 0.25) is 5.91 Å². The Morgan fingerprint density at radius 3 is 2.78 bits per heavy atom. The van der Waals surface area contributed by atoms with Crippen LogP contribution in [0.25, 0.3) is 0 Å². The summed E-state index contributed by atoms with van der Waals surface area (Å²) in [5.74, 6) is -1.53. The van der Waals surface area contributed by atoms with Crippen LogP contribution in [0, 0.1) is 16.7 Å². The highest BCUT2D eigenvalue weighted by atomic mass is 16.7. The Kier molecular flexibility index (Phi) is 4.72. The van der Waals surface area contributed by atoms with E-state index < -0.39 is 16.8 Å². The molecule has 1 aromatic rings. The summed E-state index contributed by atoms with van der Waals surface area (Å²) < 4.78 is 11.6. The zero-order valence-electron chi connectivity index (χ0n) is 15.7. The van der Waals surface area contributed by atoms with Crippen LogP contribution in [-0.4, -0.2) is 47.9 Å². The third-order valence-electron chi connectivity index (χ3n) is 6.85. The van der Waals surface area contributed by atoms with Crippen molar-refractivity contribution in [3.8, 4) is 0 Å². The molecule has 1 aromatic carbocycles. The van der Waals surface area contributed by atoms with Crippen molar-refractivity contribution in [2.45, 2.75) is 45.4 Å². The normalized spacial score (nSPS) is 35.6. The summed E-state index contributed by atoms with van der Waals surface area (Å²) in [6, 6.07) is 9.71. The van der Waals surface area contributed by atoms with E-state index in [0.29, 0.717) is 26.1 Å². The second-order valence-electron chi connectivity index (χ2n) is 8.06. The van der Waals surface area contributed by atoms with Crippen molar-refractivity contribution in [1.82, 2.24) is 4.90 Å². The fourth-order valence-corrected chi connectivity index (χ4v) is 5.15. The maximum Gasteiger partial charge on any atom is 0.320 e. The van der Waals surface area contributed by atoms with Crippen molar-refractivity contribution < 1.29 is 24.2 Å². The zero-order valence-corrected chi connectivity index (χ0v) is 15.7. The van der Waals surface area contributed by atoms with E-state index in [2.05, 4.69) is 0 Å². The van der Waals surface area contributed by atoms with Gasteiger partial charge in [0, 0.05) is 25.1 Å². The van der Waals surface area contributed by atoms with Crippen LogP contribution < -0.4 is 0 Å². The van der Waals surface area contributed by atoms with E-state index in [4.69, 9.17) is 9.47 Å². The molecule has 0 radical (unpaired) electrons. The van der Waals surface area contributed by atoms with Crippen LogP contribution in [-0.2, 0) is 25.6 Å². The minimum atomic E-state index is -1.37. The summed E-state index contributed by atoms with van der Waals surface area (Å²) in [7, 11) is 0. The lowest BCUT2D eigenvalue weighted by molar-refractivity contribution is -0.182. The van der Waals surface area contributed by atoms with Crippen LogP contribution >= 0.6 is 0 Å². The minimum absolute atomic E-state index is 0.237. The summed E-state index contributed by atoms with van der Waals surface area (Å²) in [5.41, 5.74) is -0.974. The van der Waals surface area contributed by atoms with Crippen LogP contribution in [0.15, 0.2) is 30.3 Å². The fourth-order valence-electron chi connectivity index (χ4n) is 5.15. The van der Waals surface area contributed by atoms with Gasteiger partial charge in [0.15, 0.2) is 11.7 Å². The number of carbonyl (C=O) groups excluding carboxylic acids is 1. The number of carboxylic acid groups (broad SMARTS) is 1. The first-order chi connectivity index (χ1) is 13.0. The first kappa shape index (κ1) is 18.4. The van der Waals surface area contributed by atoms with E-state index in [1.54, 1.807) is 4.90 Å². The molecular weight excluding hydrogens is 346 g/mol. The number of carbonyl (C=O) groups is 2. The number of aliphatic carboxylic acids is 1. The van der Waals surface area contributed by atoms with Gasteiger partial charge in [-0.15, -0.1) is 0 Å². The number of hydrogen-bond acceptors (Lipinski definition) is 4. The Morgan fingerprint density at radius 2 is 2.11 bits per heavy atom. The summed E-state index contributed by atoms with van der Waals surface area (Å²) in [5, 5.41) is 10.0. The van der Waals surface area contributed by atoms with Crippen molar-refractivity contribution in [3.05, 3.63) is 35.9 Å². The SMILES string of the molecule is CC1C2(COC3CCCCO3)CCN(Cc3ccccc3)C(=O)C12C(=O)O. The van der Waals surface area contributed by atoms with Gasteiger partial charge >= 0.3 is 5.97 Å². The molecule has 2 saturated heterocycles. The van der Waals surface area contributed by atoms with Crippen LogP contribution in [0.2, 0.25) is 0 Å². The topological polar surface area (TPSA) is 76.1 Å². The molecule has 1 N–H and O–H groups in total. The molecule has 4 rings (SSSR count). The molecule has 1 aliphatic carbocycles. The molecule has 1 amide bonds. The third kappa shape index (κ3) is 2.77. The smallest absolute Gasteiger partial charge is 0.320 e. The first-order valence-electron chi connectivity index (χ1n) is 9.82. The Labute approximate surface area is 159 Å². The predicted molar refractivity (Wildman–Crippen MR) is 97.7 cm³/mol. The molecule has 2 heterocycles. The summed E-state index contributed by atoms with van der Waals surface area (Å²) in [4.78, 5) is 27.2. The highest BCUT2D eigenvalue weighted by molar-refractivity contribution is 6.08. The molecular formula is C21H27NO5. The Hall–Kier alpha value is -1.92. The zero-order chi connectivity index (χ0) is 19.1. The van der Waals surface area contributed by atoms with Crippen LogP contribution in [0.4, 0.5) is 0 Å². The van der Waals surface area contributed by atoms with Gasteiger partial charge in [-0.3, -0.25) is 9.59 Å². The number of ether oxygens (including phenoxy) is 2. The predicted octanol–water partition coefficient (Wildman–Crippen LogP) is 2.67. The van der Waals surface area contributed by atoms with E-state index in [1.165, 1.54) is 0 Å². The molecule has 2 aliphatic heterocycles. The summed E-state index contributed by atoms with van der Waals surface area (Å²) in [6.45, 7) is 3.84. The third-order valence-corrected chi connectivity index (χ3v) is 6.85. The van der Waals surface area contributed by atoms with Gasteiger partial charge < -0.3 is 19.5 Å². The van der Waals surface area contributed by atoms with E-state index in [0.717, 1.165) is 24.8 Å². The molecule has 6 heteroatoms. The van der Waals surface area contributed by atoms with E-state index in [1.807, 2.05) is 37.3 Å². The van der Waals surface area contributed by atoms with Gasteiger partial charge in [-0.2, -0.15) is 0 Å². The Morgan fingerprint density at radius 1 is 1.33 bits per heavy atom. The summed E-state index contributed by atoms with van der Waals surface area (Å²) >= 11 is 0. The Balaban J connectivity index is 1.51. The maximum absolute atomic E-state index is 13.3. The van der Waals surface area contributed by atoms with Gasteiger partial charge in [-0.25, -0.2) is 0 Å². The van der Waals surface area contributed by atoms with Crippen molar-refractivity contribution in [2.75, 3.05) is 19.8 Å². The van der Waals surface area contributed by atoms with Crippen LogP contribution in [0.3, 0.4) is 0 Å². The van der Waals surface area contributed by atoms with Crippen molar-refractivity contribution in [1.29, 1.82) is 0 Å².